The molecule has 0 radical (unpaired) electrons. The van der Waals surface area contributed by atoms with Crippen molar-refractivity contribution < 1.29 is 4.74 Å². The lowest BCUT2D eigenvalue weighted by Crippen LogP contribution is -2.23. The van der Waals surface area contributed by atoms with Crippen LogP contribution in [0, 0.1) is 0 Å². The van der Waals surface area contributed by atoms with Gasteiger partial charge in [0.25, 0.3) is 0 Å². The zero-order valence-corrected chi connectivity index (χ0v) is 10.3. The van der Waals surface area contributed by atoms with E-state index in [1.807, 2.05) is 24.3 Å². The van der Waals surface area contributed by atoms with Gasteiger partial charge in [-0.05, 0) is 43.8 Å². The first-order valence-electron chi connectivity index (χ1n) is 5.12. The molecule has 1 rings (SSSR count). The van der Waals surface area contributed by atoms with Crippen molar-refractivity contribution in [1.82, 2.24) is 5.32 Å². The first-order valence-corrected chi connectivity index (χ1v) is 5.91. The van der Waals surface area contributed by atoms with Gasteiger partial charge in [-0.25, -0.2) is 0 Å². The number of benzene rings is 1. The van der Waals surface area contributed by atoms with Crippen molar-refractivity contribution in [1.29, 1.82) is 0 Å². The van der Waals surface area contributed by atoms with Gasteiger partial charge in [-0.2, -0.15) is 0 Å². The summed E-state index contributed by atoms with van der Waals surface area (Å²) in [5, 5.41) is 3.25. The molecule has 4 heteroatoms. The molecule has 0 amide bonds. The van der Waals surface area contributed by atoms with Crippen molar-refractivity contribution in [2.24, 2.45) is 5.73 Å². The molecule has 84 valence electrons. The summed E-state index contributed by atoms with van der Waals surface area (Å²) >= 11 is 3.38. The van der Waals surface area contributed by atoms with Gasteiger partial charge >= 0.3 is 0 Å². The van der Waals surface area contributed by atoms with Gasteiger partial charge in [-0.15, -0.1) is 0 Å². The molecule has 3 N–H and O–H groups in total. The topological polar surface area (TPSA) is 47.3 Å². The summed E-state index contributed by atoms with van der Waals surface area (Å²) < 4.78 is 6.59. The molecule has 0 aliphatic heterocycles. The maximum Gasteiger partial charge on any atom is 0.119 e. The van der Waals surface area contributed by atoms with Gasteiger partial charge in [0.15, 0.2) is 0 Å². The minimum Gasteiger partial charge on any atom is -0.492 e. The van der Waals surface area contributed by atoms with Crippen LogP contribution in [-0.4, -0.2) is 26.2 Å². The van der Waals surface area contributed by atoms with Crippen LogP contribution in [0.1, 0.15) is 6.42 Å². The minimum absolute atomic E-state index is 0.687. The molecule has 0 atom stereocenters. The van der Waals surface area contributed by atoms with Crippen LogP contribution in [0.25, 0.3) is 0 Å². The second-order valence-corrected chi connectivity index (χ2v) is 4.11. The number of ether oxygens (including phenoxy) is 1. The van der Waals surface area contributed by atoms with Crippen LogP contribution in [0.2, 0.25) is 0 Å². The minimum atomic E-state index is 0.687. The molecule has 1 aromatic rings. The van der Waals surface area contributed by atoms with Crippen molar-refractivity contribution in [2.45, 2.75) is 6.42 Å². The highest BCUT2D eigenvalue weighted by Crippen LogP contribution is 2.15. The average Bonchev–Trinajstić information content (AvgIpc) is 2.26. The summed E-state index contributed by atoms with van der Waals surface area (Å²) in [5.74, 6) is 0.902. The smallest absolute Gasteiger partial charge is 0.119 e. The van der Waals surface area contributed by atoms with Crippen LogP contribution in [0.5, 0.6) is 5.75 Å². The average molecular weight is 273 g/mol. The van der Waals surface area contributed by atoms with E-state index in [1.165, 1.54) is 0 Å². The Balaban J connectivity index is 2.07. The van der Waals surface area contributed by atoms with Crippen LogP contribution in [0.3, 0.4) is 0 Å². The van der Waals surface area contributed by atoms with E-state index in [2.05, 4.69) is 21.2 Å². The van der Waals surface area contributed by atoms with E-state index in [1.54, 1.807) is 0 Å². The largest absolute Gasteiger partial charge is 0.492 e. The van der Waals surface area contributed by atoms with Crippen molar-refractivity contribution in [3.8, 4) is 5.75 Å². The van der Waals surface area contributed by atoms with Gasteiger partial charge in [0.05, 0.1) is 0 Å². The predicted octanol–water partition coefficient (Wildman–Crippen LogP) is 1.77. The third kappa shape index (κ3) is 5.77. The molecule has 0 aliphatic carbocycles. The molecule has 0 saturated carbocycles. The highest BCUT2D eigenvalue weighted by Gasteiger charge is 1.93. The van der Waals surface area contributed by atoms with E-state index in [4.69, 9.17) is 10.5 Å². The maximum atomic E-state index is 5.53. The summed E-state index contributed by atoms with van der Waals surface area (Å²) in [4.78, 5) is 0. The quantitative estimate of drug-likeness (QED) is 0.744. The van der Waals surface area contributed by atoms with Gasteiger partial charge in [-0.1, -0.05) is 15.9 Å². The number of rotatable bonds is 7. The number of nitrogens with two attached hydrogens (primary N) is 1. The molecule has 0 fully saturated rings. The van der Waals surface area contributed by atoms with Crippen LogP contribution in [0.4, 0.5) is 0 Å². The standard InChI is InChI=1S/C11H17BrN2O/c12-10-2-4-11(5-3-10)15-9-8-14-7-1-6-13/h2-5,14H,1,6-9,13H2. The van der Waals surface area contributed by atoms with Crippen LogP contribution in [-0.2, 0) is 0 Å². The van der Waals surface area contributed by atoms with E-state index in [0.717, 1.165) is 36.3 Å². The molecule has 1 aromatic carbocycles. The van der Waals surface area contributed by atoms with E-state index in [-0.39, 0.29) is 0 Å². The molecule has 15 heavy (non-hydrogen) atoms. The number of halogens is 1. The monoisotopic (exact) mass is 272 g/mol. The molecular formula is C11H17BrN2O. The van der Waals surface area contributed by atoms with E-state index < -0.39 is 0 Å². The van der Waals surface area contributed by atoms with Gasteiger partial charge < -0.3 is 15.8 Å². The molecule has 0 heterocycles. The Hall–Kier alpha value is -0.580. The third-order valence-corrected chi connectivity index (χ3v) is 2.45. The summed E-state index contributed by atoms with van der Waals surface area (Å²) in [6.07, 6.45) is 1.01. The second-order valence-electron chi connectivity index (χ2n) is 3.19. The summed E-state index contributed by atoms with van der Waals surface area (Å²) in [5.41, 5.74) is 5.37. The highest BCUT2D eigenvalue weighted by molar-refractivity contribution is 9.10. The van der Waals surface area contributed by atoms with E-state index in [9.17, 15) is 0 Å². The highest BCUT2D eigenvalue weighted by atomic mass is 79.9. The second kappa shape index (κ2) is 7.68. The number of hydrogen-bond donors (Lipinski definition) is 2. The maximum absolute atomic E-state index is 5.53. The van der Waals surface area contributed by atoms with Crippen molar-refractivity contribution in [3.05, 3.63) is 28.7 Å². The molecule has 3 nitrogen and oxygen atoms in total. The van der Waals surface area contributed by atoms with Crippen molar-refractivity contribution in [3.63, 3.8) is 0 Å². The Bertz CT molecular complexity index is 264. The molecule has 0 spiro atoms. The van der Waals surface area contributed by atoms with Crippen LogP contribution >= 0.6 is 15.9 Å². The van der Waals surface area contributed by atoms with Crippen molar-refractivity contribution in [2.75, 3.05) is 26.2 Å². The Kier molecular flexibility index (Phi) is 6.39. The zero-order valence-electron chi connectivity index (χ0n) is 8.71. The first-order chi connectivity index (χ1) is 7.33. The Morgan fingerprint density at radius 2 is 1.93 bits per heavy atom. The number of hydrogen-bond acceptors (Lipinski definition) is 3. The van der Waals surface area contributed by atoms with Gasteiger partial charge in [-0.3, -0.25) is 0 Å². The molecule has 0 aromatic heterocycles. The van der Waals surface area contributed by atoms with Crippen LogP contribution in [0.15, 0.2) is 28.7 Å². The number of nitrogens with one attached hydrogen (secondary N) is 1. The molecular weight excluding hydrogens is 256 g/mol. The summed E-state index contributed by atoms with van der Waals surface area (Å²) in [6.45, 7) is 3.24. The van der Waals surface area contributed by atoms with Crippen molar-refractivity contribution >= 4 is 15.9 Å². The van der Waals surface area contributed by atoms with Gasteiger partial charge in [0.1, 0.15) is 12.4 Å². The van der Waals surface area contributed by atoms with Gasteiger partial charge in [0, 0.05) is 11.0 Å². The molecule has 0 bridgehead atoms. The SMILES string of the molecule is NCCCNCCOc1ccc(Br)cc1. The lowest BCUT2D eigenvalue weighted by molar-refractivity contribution is 0.314. The summed E-state index contributed by atoms with van der Waals surface area (Å²) in [6, 6.07) is 7.84. The molecule has 0 aliphatic rings. The van der Waals surface area contributed by atoms with Gasteiger partial charge in [0.2, 0.25) is 0 Å². The Morgan fingerprint density at radius 3 is 2.60 bits per heavy atom. The molecule has 0 saturated heterocycles. The van der Waals surface area contributed by atoms with E-state index in [0.29, 0.717) is 6.61 Å². The normalized spacial score (nSPS) is 10.3. The third-order valence-electron chi connectivity index (χ3n) is 1.92. The fraction of sp³-hybridized carbons (Fsp3) is 0.455. The fourth-order valence-electron chi connectivity index (χ4n) is 1.12. The lowest BCUT2D eigenvalue weighted by atomic mass is 10.3. The lowest BCUT2D eigenvalue weighted by Gasteiger charge is -2.07. The first kappa shape index (κ1) is 12.5. The van der Waals surface area contributed by atoms with Crippen LogP contribution < -0.4 is 15.8 Å². The summed E-state index contributed by atoms with van der Waals surface area (Å²) in [7, 11) is 0. The molecule has 0 unspecified atom stereocenters. The Morgan fingerprint density at radius 1 is 1.20 bits per heavy atom. The zero-order chi connectivity index (χ0) is 10.9. The van der Waals surface area contributed by atoms with E-state index >= 15 is 0 Å². The fourth-order valence-corrected chi connectivity index (χ4v) is 1.39. The predicted molar refractivity (Wildman–Crippen MR) is 66.2 cm³/mol. The Labute approximate surface area is 99.1 Å².